The lowest BCUT2D eigenvalue weighted by Gasteiger charge is -2.04. The van der Waals surface area contributed by atoms with Crippen molar-refractivity contribution < 1.29 is 4.39 Å². The maximum atomic E-state index is 13.2. The van der Waals surface area contributed by atoms with Crippen LogP contribution in [0.3, 0.4) is 0 Å². The highest BCUT2D eigenvalue weighted by Crippen LogP contribution is 2.18. The number of benzene rings is 1. The van der Waals surface area contributed by atoms with Gasteiger partial charge in [0, 0.05) is 0 Å². The second kappa shape index (κ2) is 4.74. The van der Waals surface area contributed by atoms with E-state index >= 15 is 0 Å². The van der Waals surface area contributed by atoms with Gasteiger partial charge in [0.2, 0.25) is 0 Å². The Morgan fingerprint density at radius 3 is 2.77 bits per heavy atom. The van der Waals surface area contributed by atoms with Crippen molar-refractivity contribution in [3.8, 4) is 0 Å². The van der Waals surface area contributed by atoms with Crippen LogP contribution in [0.4, 0.5) is 4.39 Å². The molecule has 0 unspecified atom stereocenters. The van der Waals surface area contributed by atoms with Crippen LogP contribution < -0.4 is 0 Å². The predicted octanol–water partition coefficient (Wildman–Crippen LogP) is 3.86. The number of halogens is 2. The van der Waals surface area contributed by atoms with E-state index in [0.717, 1.165) is 27.5 Å². The van der Waals surface area contributed by atoms with E-state index in [9.17, 15) is 4.39 Å². The molecule has 0 heterocycles. The van der Waals surface area contributed by atoms with Gasteiger partial charge in [-0.25, -0.2) is 4.39 Å². The summed E-state index contributed by atoms with van der Waals surface area (Å²) in [4.78, 5) is 0. The molecule has 1 rings (SSSR count). The minimum Gasteiger partial charge on any atom is -0.206 e. The van der Waals surface area contributed by atoms with Crippen LogP contribution in [-0.4, -0.2) is 0 Å². The van der Waals surface area contributed by atoms with E-state index in [-0.39, 0.29) is 5.82 Å². The van der Waals surface area contributed by atoms with Crippen molar-refractivity contribution in [2.75, 3.05) is 0 Å². The Bertz CT molecular complexity index is 295. The Morgan fingerprint density at radius 2 is 2.23 bits per heavy atom. The molecule has 0 nitrogen and oxygen atoms in total. The number of rotatable bonds is 3. The van der Waals surface area contributed by atoms with Crippen molar-refractivity contribution in [2.45, 2.75) is 19.8 Å². The Labute approximate surface area is 92.0 Å². The highest BCUT2D eigenvalue weighted by molar-refractivity contribution is 14.1. The van der Waals surface area contributed by atoms with E-state index in [0.29, 0.717) is 0 Å². The summed E-state index contributed by atoms with van der Waals surface area (Å²) >= 11 is 2.03. The Hall–Kier alpha value is -0.380. The molecule has 13 heavy (non-hydrogen) atoms. The maximum Gasteiger partial charge on any atom is 0.137 e. The summed E-state index contributed by atoms with van der Waals surface area (Å²) in [6.45, 7) is 5.58. The summed E-state index contributed by atoms with van der Waals surface area (Å²) in [6.07, 6.45) is 3.63. The molecule has 70 valence electrons. The largest absolute Gasteiger partial charge is 0.206 e. The predicted molar refractivity (Wildman–Crippen MR) is 62.4 cm³/mol. The summed E-state index contributed by atoms with van der Waals surface area (Å²) in [5.41, 5.74) is 2.06. The van der Waals surface area contributed by atoms with Crippen LogP contribution in [0, 0.1) is 16.3 Å². The van der Waals surface area contributed by atoms with Crippen molar-refractivity contribution in [1.82, 2.24) is 0 Å². The van der Waals surface area contributed by atoms with Crippen molar-refractivity contribution >= 4 is 22.6 Å². The van der Waals surface area contributed by atoms with Crippen LogP contribution in [0.25, 0.3) is 0 Å². The molecule has 0 bridgehead atoms. The average molecular weight is 290 g/mol. The maximum absolute atomic E-state index is 13.2. The standard InChI is InChI=1S/C11H12FI/c1-3-4-5-9-6-8(2)11(13)10(12)7-9/h3,6-7H,1,4-5H2,2H3. The minimum atomic E-state index is -0.111. The van der Waals surface area contributed by atoms with Gasteiger partial charge in [-0.2, -0.15) is 0 Å². The van der Waals surface area contributed by atoms with E-state index in [4.69, 9.17) is 0 Å². The Morgan fingerprint density at radius 1 is 1.54 bits per heavy atom. The Kier molecular flexibility index (Phi) is 3.90. The lowest BCUT2D eigenvalue weighted by atomic mass is 10.1. The molecule has 0 aromatic heterocycles. The topological polar surface area (TPSA) is 0 Å². The molecule has 1 aromatic rings. The molecule has 0 spiro atoms. The molecule has 0 atom stereocenters. The molecule has 1 aromatic carbocycles. The fraction of sp³-hybridized carbons (Fsp3) is 0.273. The minimum absolute atomic E-state index is 0.111. The molecule has 0 aliphatic heterocycles. The fourth-order valence-corrected chi connectivity index (χ4v) is 1.52. The van der Waals surface area contributed by atoms with Gasteiger partial charge in [-0.15, -0.1) is 6.58 Å². The van der Waals surface area contributed by atoms with Crippen molar-refractivity contribution in [1.29, 1.82) is 0 Å². The Balaban J connectivity index is 2.92. The average Bonchev–Trinajstić information content (AvgIpc) is 2.10. The zero-order valence-electron chi connectivity index (χ0n) is 7.61. The molecular formula is C11H12FI. The molecule has 0 saturated heterocycles. The van der Waals surface area contributed by atoms with E-state index in [1.807, 2.05) is 41.7 Å². The first kappa shape index (κ1) is 10.7. The first-order chi connectivity index (χ1) is 6.15. The van der Waals surface area contributed by atoms with Crippen molar-refractivity contribution in [2.24, 2.45) is 0 Å². The van der Waals surface area contributed by atoms with E-state index in [2.05, 4.69) is 6.58 Å². The van der Waals surface area contributed by atoms with Crippen LogP contribution in [0.2, 0.25) is 0 Å². The first-order valence-electron chi connectivity index (χ1n) is 4.20. The SMILES string of the molecule is C=CCCc1cc(C)c(I)c(F)c1. The number of allylic oxidation sites excluding steroid dienone is 1. The van der Waals surface area contributed by atoms with Gasteiger partial charge in [0.25, 0.3) is 0 Å². The van der Waals surface area contributed by atoms with Crippen molar-refractivity contribution in [3.63, 3.8) is 0 Å². The summed E-state index contributed by atoms with van der Waals surface area (Å²) in [6, 6.07) is 3.65. The van der Waals surface area contributed by atoms with Gasteiger partial charge < -0.3 is 0 Å². The van der Waals surface area contributed by atoms with Crippen LogP contribution in [-0.2, 0) is 6.42 Å². The quantitative estimate of drug-likeness (QED) is 0.586. The molecule has 0 aliphatic rings. The molecule has 0 fully saturated rings. The molecule has 0 aliphatic carbocycles. The van der Waals surface area contributed by atoms with Gasteiger partial charge in [0.15, 0.2) is 0 Å². The zero-order chi connectivity index (χ0) is 9.84. The van der Waals surface area contributed by atoms with E-state index in [1.165, 1.54) is 0 Å². The number of aryl methyl sites for hydroxylation is 2. The number of hydrogen-bond donors (Lipinski definition) is 0. The van der Waals surface area contributed by atoms with Crippen molar-refractivity contribution in [3.05, 3.63) is 45.3 Å². The second-order valence-electron chi connectivity index (χ2n) is 3.04. The third-order valence-corrected chi connectivity index (χ3v) is 3.27. The fourth-order valence-electron chi connectivity index (χ4n) is 1.21. The molecule has 0 radical (unpaired) electrons. The monoisotopic (exact) mass is 290 g/mol. The van der Waals surface area contributed by atoms with Crippen LogP contribution >= 0.6 is 22.6 Å². The van der Waals surface area contributed by atoms with Crippen LogP contribution in [0.1, 0.15) is 17.5 Å². The third-order valence-electron chi connectivity index (χ3n) is 1.91. The smallest absolute Gasteiger partial charge is 0.137 e. The molecule has 2 heteroatoms. The van der Waals surface area contributed by atoms with Gasteiger partial charge in [0.05, 0.1) is 3.57 Å². The first-order valence-corrected chi connectivity index (χ1v) is 5.28. The summed E-state index contributed by atoms with van der Waals surface area (Å²) in [5.74, 6) is -0.111. The highest BCUT2D eigenvalue weighted by Gasteiger charge is 2.04. The third kappa shape index (κ3) is 2.79. The lowest BCUT2D eigenvalue weighted by Crippen LogP contribution is -1.92. The van der Waals surface area contributed by atoms with Gasteiger partial charge in [-0.1, -0.05) is 12.1 Å². The van der Waals surface area contributed by atoms with Gasteiger partial charge >= 0.3 is 0 Å². The summed E-state index contributed by atoms with van der Waals surface area (Å²) in [7, 11) is 0. The van der Waals surface area contributed by atoms with E-state index in [1.54, 1.807) is 6.07 Å². The molecular weight excluding hydrogens is 278 g/mol. The molecule has 0 amide bonds. The summed E-state index contributed by atoms with van der Waals surface area (Å²) < 4.78 is 14.0. The second-order valence-corrected chi connectivity index (χ2v) is 4.11. The summed E-state index contributed by atoms with van der Waals surface area (Å²) in [5, 5.41) is 0. The van der Waals surface area contributed by atoms with Gasteiger partial charge in [-0.3, -0.25) is 0 Å². The van der Waals surface area contributed by atoms with Gasteiger partial charge in [-0.05, 0) is 59.5 Å². The number of hydrogen-bond acceptors (Lipinski definition) is 0. The highest BCUT2D eigenvalue weighted by atomic mass is 127. The van der Waals surface area contributed by atoms with E-state index < -0.39 is 0 Å². The zero-order valence-corrected chi connectivity index (χ0v) is 9.77. The lowest BCUT2D eigenvalue weighted by molar-refractivity contribution is 0.616. The molecule has 0 N–H and O–H groups in total. The van der Waals surface area contributed by atoms with Gasteiger partial charge in [0.1, 0.15) is 5.82 Å². The normalized spacial score (nSPS) is 10.1. The van der Waals surface area contributed by atoms with Crippen LogP contribution in [0.15, 0.2) is 24.8 Å². The molecule has 0 saturated carbocycles. The van der Waals surface area contributed by atoms with Crippen LogP contribution in [0.5, 0.6) is 0 Å².